The number of thioether (sulfide) groups is 1. The van der Waals surface area contributed by atoms with E-state index in [2.05, 4.69) is 5.32 Å². The SMILES string of the molecule is CC(C)NC(=O)C1CSCN1C(=O)CC(C)(C)C. The van der Waals surface area contributed by atoms with Crippen LogP contribution < -0.4 is 5.32 Å². The van der Waals surface area contributed by atoms with E-state index in [1.807, 2.05) is 34.6 Å². The van der Waals surface area contributed by atoms with Crippen molar-refractivity contribution < 1.29 is 9.59 Å². The van der Waals surface area contributed by atoms with Gasteiger partial charge in [-0.15, -0.1) is 11.8 Å². The van der Waals surface area contributed by atoms with Gasteiger partial charge in [0.05, 0.1) is 5.88 Å². The van der Waals surface area contributed by atoms with Gasteiger partial charge in [0.25, 0.3) is 0 Å². The summed E-state index contributed by atoms with van der Waals surface area (Å²) in [6.07, 6.45) is 0.485. The van der Waals surface area contributed by atoms with Gasteiger partial charge in [0.15, 0.2) is 0 Å². The molecule has 0 radical (unpaired) electrons. The molecule has 1 heterocycles. The van der Waals surface area contributed by atoms with E-state index in [1.54, 1.807) is 16.7 Å². The first kappa shape index (κ1) is 15.3. The molecule has 18 heavy (non-hydrogen) atoms. The van der Waals surface area contributed by atoms with E-state index in [-0.39, 0.29) is 29.3 Å². The van der Waals surface area contributed by atoms with Crippen molar-refractivity contribution in [1.29, 1.82) is 0 Å². The lowest BCUT2D eigenvalue weighted by molar-refractivity contribution is -0.139. The van der Waals surface area contributed by atoms with Gasteiger partial charge < -0.3 is 10.2 Å². The van der Waals surface area contributed by atoms with Gasteiger partial charge in [0, 0.05) is 18.2 Å². The third-order valence-corrected chi connectivity index (χ3v) is 3.63. The second-order valence-corrected chi connectivity index (χ2v) is 7.28. The van der Waals surface area contributed by atoms with Crippen LogP contribution in [0, 0.1) is 5.41 Å². The predicted molar refractivity (Wildman–Crippen MR) is 75.3 cm³/mol. The summed E-state index contributed by atoms with van der Waals surface area (Å²) in [6.45, 7) is 9.98. The molecule has 0 aromatic heterocycles. The minimum atomic E-state index is -0.299. The molecule has 0 aliphatic carbocycles. The Kier molecular flexibility index (Phi) is 5.08. The molecule has 2 amide bonds. The van der Waals surface area contributed by atoms with E-state index < -0.39 is 0 Å². The predicted octanol–water partition coefficient (Wildman–Crippen LogP) is 1.85. The maximum absolute atomic E-state index is 12.2. The Hall–Kier alpha value is -0.710. The zero-order chi connectivity index (χ0) is 13.9. The lowest BCUT2D eigenvalue weighted by atomic mass is 9.91. The van der Waals surface area contributed by atoms with Gasteiger partial charge in [-0.1, -0.05) is 20.8 Å². The van der Waals surface area contributed by atoms with Crippen LogP contribution in [0.25, 0.3) is 0 Å². The van der Waals surface area contributed by atoms with Crippen LogP contribution in [0.3, 0.4) is 0 Å². The molecular formula is C13H24N2O2S. The Bertz CT molecular complexity index is 323. The Morgan fingerprint density at radius 3 is 2.50 bits per heavy atom. The summed E-state index contributed by atoms with van der Waals surface area (Å²) in [5.41, 5.74) is -0.0383. The largest absolute Gasteiger partial charge is 0.352 e. The molecule has 1 rings (SSSR count). The number of hydrogen-bond acceptors (Lipinski definition) is 3. The molecule has 1 atom stereocenters. The highest BCUT2D eigenvalue weighted by Crippen LogP contribution is 2.26. The number of rotatable bonds is 3. The third-order valence-electron chi connectivity index (χ3n) is 2.62. The number of hydrogen-bond donors (Lipinski definition) is 1. The highest BCUT2D eigenvalue weighted by atomic mass is 32.2. The van der Waals surface area contributed by atoms with Crippen LogP contribution in [-0.4, -0.2) is 40.4 Å². The topological polar surface area (TPSA) is 49.4 Å². The fraction of sp³-hybridized carbons (Fsp3) is 0.846. The molecule has 0 saturated carbocycles. The maximum atomic E-state index is 12.2. The number of nitrogens with one attached hydrogen (secondary N) is 1. The van der Waals surface area contributed by atoms with E-state index in [0.717, 1.165) is 0 Å². The maximum Gasteiger partial charge on any atom is 0.243 e. The van der Waals surface area contributed by atoms with Gasteiger partial charge in [-0.25, -0.2) is 0 Å². The zero-order valence-corrected chi connectivity index (χ0v) is 12.8. The summed E-state index contributed by atoms with van der Waals surface area (Å²) in [5, 5.41) is 2.89. The van der Waals surface area contributed by atoms with Crippen molar-refractivity contribution in [3.05, 3.63) is 0 Å². The van der Waals surface area contributed by atoms with Gasteiger partial charge in [0.1, 0.15) is 6.04 Å². The van der Waals surface area contributed by atoms with Crippen molar-refractivity contribution in [2.45, 2.75) is 53.1 Å². The lowest BCUT2D eigenvalue weighted by Gasteiger charge is -2.27. The van der Waals surface area contributed by atoms with Crippen LogP contribution in [0.15, 0.2) is 0 Å². The number of amides is 2. The van der Waals surface area contributed by atoms with Gasteiger partial charge >= 0.3 is 0 Å². The molecule has 0 bridgehead atoms. The molecule has 4 nitrogen and oxygen atoms in total. The third kappa shape index (κ3) is 4.52. The average molecular weight is 272 g/mol. The lowest BCUT2D eigenvalue weighted by Crippen LogP contribution is -2.49. The molecule has 1 aliphatic rings. The first-order valence-electron chi connectivity index (χ1n) is 6.38. The van der Waals surface area contributed by atoms with Crippen LogP contribution in [0.2, 0.25) is 0 Å². The molecule has 0 aromatic carbocycles. The minimum Gasteiger partial charge on any atom is -0.352 e. The van der Waals surface area contributed by atoms with Gasteiger partial charge in [0.2, 0.25) is 11.8 Å². The van der Waals surface area contributed by atoms with Crippen molar-refractivity contribution in [3.63, 3.8) is 0 Å². The molecule has 1 saturated heterocycles. The van der Waals surface area contributed by atoms with Crippen LogP contribution in [0.1, 0.15) is 41.0 Å². The van der Waals surface area contributed by atoms with E-state index in [0.29, 0.717) is 18.1 Å². The molecule has 1 aliphatic heterocycles. The van der Waals surface area contributed by atoms with E-state index in [9.17, 15) is 9.59 Å². The van der Waals surface area contributed by atoms with Crippen LogP contribution >= 0.6 is 11.8 Å². The first-order valence-corrected chi connectivity index (χ1v) is 7.54. The smallest absolute Gasteiger partial charge is 0.243 e. The number of nitrogens with zero attached hydrogens (tertiary/aromatic N) is 1. The first-order chi connectivity index (χ1) is 8.20. The summed E-state index contributed by atoms with van der Waals surface area (Å²) in [5.74, 6) is 1.38. The van der Waals surface area contributed by atoms with E-state index in [1.165, 1.54) is 0 Å². The molecule has 5 heteroatoms. The number of carbonyl (C=O) groups excluding carboxylic acids is 2. The van der Waals surface area contributed by atoms with Crippen LogP contribution in [0.4, 0.5) is 0 Å². The summed E-state index contributed by atoms with van der Waals surface area (Å²) < 4.78 is 0. The second kappa shape index (κ2) is 5.95. The summed E-state index contributed by atoms with van der Waals surface area (Å²) >= 11 is 1.64. The van der Waals surface area contributed by atoms with E-state index >= 15 is 0 Å². The van der Waals surface area contributed by atoms with Crippen molar-refractivity contribution in [3.8, 4) is 0 Å². The second-order valence-electron chi connectivity index (χ2n) is 6.28. The number of carbonyl (C=O) groups is 2. The summed E-state index contributed by atoms with van der Waals surface area (Å²) in [6, 6.07) is -0.185. The molecule has 0 aromatic rings. The minimum absolute atomic E-state index is 0.0303. The Morgan fingerprint density at radius 1 is 1.39 bits per heavy atom. The van der Waals surface area contributed by atoms with Gasteiger partial charge in [-0.3, -0.25) is 9.59 Å². The monoisotopic (exact) mass is 272 g/mol. The fourth-order valence-corrected chi connectivity index (χ4v) is 3.02. The summed E-state index contributed by atoms with van der Waals surface area (Å²) in [4.78, 5) is 25.9. The Labute approximate surface area is 114 Å². The molecule has 1 N–H and O–H groups in total. The summed E-state index contributed by atoms with van der Waals surface area (Å²) in [7, 11) is 0. The Balaban J connectivity index is 2.64. The van der Waals surface area contributed by atoms with Gasteiger partial charge in [-0.2, -0.15) is 0 Å². The van der Waals surface area contributed by atoms with Crippen LogP contribution in [-0.2, 0) is 9.59 Å². The van der Waals surface area contributed by atoms with Crippen molar-refractivity contribution in [2.24, 2.45) is 5.41 Å². The highest BCUT2D eigenvalue weighted by Gasteiger charge is 2.35. The quantitative estimate of drug-likeness (QED) is 0.853. The van der Waals surface area contributed by atoms with E-state index in [4.69, 9.17) is 0 Å². The van der Waals surface area contributed by atoms with Crippen molar-refractivity contribution in [2.75, 3.05) is 11.6 Å². The highest BCUT2D eigenvalue weighted by molar-refractivity contribution is 7.99. The Morgan fingerprint density at radius 2 is 2.00 bits per heavy atom. The molecule has 104 valence electrons. The molecule has 0 spiro atoms. The molecular weight excluding hydrogens is 248 g/mol. The standard InChI is InChI=1S/C13H24N2O2S/c1-9(2)14-12(17)10-7-18-8-15(10)11(16)6-13(3,4)5/h9-10H,6-8H2,1-5H3,(H,14,17). The average Bonchev–Trinajstić information content (AvgIpc) is 2.61. The fourth-order valence-electron chi connectivity index (χ4n) is 1.84. The molecule has 1 fully saturated rings. The zero-order valence-electron chi connectivity index (χ0n) is 11.9. The van der Waals surface area contributed by atoms with Crippen LogP contribution in [0.5, 0.6) is 0 Å². The van der Waals surface area contributed by atoms with Gasteiger partial charge in [-0.05, 0) is 19.3 Å². The normalized spacial score (nSPS) is 20.3. The molecule has 1 unspecified atom stereocenters. The van der Waals surface area contributed by atoms with Crippen molar-refractivity contribution >= 4 is 23.6 Å². The van der Waals surface area contributed by atoms with Crippen molar-refractivity contribution in [1.82, 2.24) is 10.2 Å².